The standard InChI is InChI=1S/C11H10N2O3/c1-6-2-3-7(4-10(6)14)8-5-9(11(15)16)13-12-8/h2-5,14H,1H3,(H,12,13)(H,15,16). The van der Waals surface area contributed by atoms with E-state index in [0.29, 0.717) is 11.3 Å². The first-order valence-electron chi connectivity index (χ1n) is 4.66. The number of hydrogen-bond acceptors (Lipinski definition) is 3. The van der Waals surface area contributed by atoms with Gasteiger partial charge in [-0.15, -0.1) is 0 Å². The Morgan fingerprint density at radius 1 is 1.38 bits per heavy atom. The first kappa shape index (κ1) is 10.2. The summed E-state index contributed by atoms with van der Waals surface area (Å²) in [5.74, 6) is -0.896. The largest absolute Gasteiger partial charge is 0.508 e. The van der Waals surface area contributed by atoms with Gasteiger partial charge >= 0.3 is 5.97 Å². The first-order valence-corrected chi connectivity index (χ1v) is 4.66. The molecule has 0 atom stereocenters. The van der Waals surface area contributed by atoms with Crippen molar-refractivity contribution in [2.24, 2.45) is 0 Å². The van der Waals surface area contributed by atoms with Crippen molar-refractivity contribution in [3.8, 4) is 17.0 Å². The summed E-state index contributed by atoms with van der Waals surface area (Å²) in [6.07, 6.45) is 0. The van der Waals surface area contributed by atoms with E-state index >= 15 is 0 Å². The van der Waals surface area contributed by atoms with Gasteiger partial charge in [-0.25, -0.2) is 4.79 Å². The number of carboxylic acid groups (broad SMARTS) is 1. The number of H-pyrrole nitrogens is 1. The molecule has 1 aromatic carbocycles. The zero-order chi connectivity index (χ0) is 11.7. The number of aromatic nitrogens is 2. The number of carboxylic acids is 1. The Morgan fingerprint density at radius 3 is 2.69 bits per heavy atom. The molecule has 5 nitrogen and oxygen atoms in total. The number of rotatable bonds is 2. The van der Waals surface area contributed by atoms with Crippen molar-refractivity contribution in [2.45, 2.75) is 6.92 Å². The van der Waals surface area contributed by atoms with E-state index in [2.05, 4.69) is 10.2 Å². The highest BCUT2D eigenvalue weighted by atomic mass is 16.4. The molecule has 0 aliphatic carbocycles. The van der Waals surface area contributed by atoms with Crippen LogP contribution in [0.25, 0.3) is 11.3 Å². The van der Waals surface area contributed by atoms with Gasteiger partial charge in [-0.2, -0.15) is 5.10 Å². The highest BCUT2D eigenvalue weighted by molar-refractivity contribution is 5.86. The lowest BCUT2D eigenvalue weighted by molar-refractivity contribution is 0.0690. The summed E-state index contributed by atoms with van der Waals surface area (Å²) in [7, 11) is 0. The number of carbonyl (C=O) groups is 1. The van der Waals surface area contributed by atoms with E-state index in [1.54, 1.807) is 25.1 Å². The van der Waals surface area contributed by atoms with Crippen molar-refractivity contribution in [1.82, 2.24) is 10.2 Å². The lowest BCUT2D eigenvalue weighted by Crippen LogP contribution is -1.95. The van der Waals surface area contributed by atoms with Gasteiger partial charge < -0.3 is 10.2 Å². The molecule has 0 saturated carbocycles. The van der Waals surface area contributed by atoms with Crippen LogP contribution in [0.15, 0.2) is 24.3 Å². The summed E-state index contributed by atoms with van der Waals surface area (Å²) in [5, 5.41) is 24.5. The molecule has 2 aromatic rings. The maximum atomic E-state index is 10.6. The number of aromatic hydroxyl groups is 1. The summed E-state index contributed by atoms with van der Waals surface area (Å²) in [4.78, 5) is 10.6. The maximum Gasteiger partial charge on any atom is 0.353 e. The Labute approximate surface area is 91.4 Å². The van der Waals surface area contributed by atoms with Gasteiger partial charge in [0.05, 0.1) is 5.69 Å². The number of nitrogens with zero attached hydrogens (tertiary/aromatic N) is 1. The third-order valence-corrected chi connectivity index (χ3v) is 2.31. The molecule has 2 rings (SSSR count). The molecule has 0 spiro atoms. The fourth-order valence-electron chi connectivity index (χ4n) is 1.35. The molecule has 1 heterocycles. The summed E-state index contributed by atoms with van der Waals surface area (Å²) in [6, 6.07) is 6.50. The van der Waals surface area contributed by atoms with Crippen LogP contribution in [0.4, 0.5) is 0 Å². The van der Waals surface area contributed by atoms with Crippen LogP contribution < -0.4 is 0 Å². The quantitative estimate of drug-likeness (QED) is 0.717. The van der Waals surface area contributed by atoms with E-state index in [9.17, 15) is 9.90 Å². The van der Waals surface area contributed by atoms with E-state index in [4.69, 9.17) is 5.11 Å². The summed E-state index contributed by atoms with van der Waals surface area (Å²) in [5.41, 5.74) is 1.95. The number of phenolic OH excluding ortho intramolecular Hbond substituents is 1. The van der Waals surface area contributed by atoms with Gasteiger partial charge in [0, 0.05) is 5.56 Å². The molecule has 0 aliphatic rings. The zero-order valence-electron chi connectivity index (χ0n) is 8.56. The number of benzene rings is 1. The minimum absolute atomic E-state index is 0.0232. The van der Waals surface area contributed by atoms with Crippen LogP contribution in [0, 0.1) is 6.92 Å². The predicted octanol–water partition coefficient (Wildman–Crippen LogP) is 1.79. The van der Waals surface area contributed by atoms with Crippen molar-refractivity contribution in [3.63, 3.8) is 0 Å². The molecule has 16 heavy (non-hydrogen) atoms. The average Bonchev–Trinajstić information content (AvgIpc) is 2.71. The highest BCUT2D eigenvalue weighted by Crippen LogP contribution is 2.24. The van der Waals surface area contributed by atoms with E-state index in [1.807, 2.05) is 0 Å². The molecule has 0 unspecified atom stereocenters. The zero-order valence-corrected chi connectivity index (χ0v) is 8.56. The van der Waals surface area contributed by atoms with Crippen LogP contribution in [-0.4, -0.2) is 26.4 Å². The van der Waals surface area contributed by atoms with Gasteiger partial charge in [-0.1, -0.05) is 12.1 Å². The molecule has 0 saturated heterocycles. The van der Waals surface area contributed by atoms with Crippen molar-refractivity contribution in [2.75, 3.05) is 0 Å². The van der Waals surface area contributed by atoms with Gasteiger partial charge in [0.1, 0.15) is 11.4 Å². The first-order chi connectivity index (χ1) is 7.58. The Balaban J connectivity index is 2.42. The number of aromatic amines is 1. The minimum Gasteiger partial charge on any atom is -0.508 e. The normalized spacial score (nSPS) is 10.3. The fraction of sp³-hybridized carbons (Fsp3) is 0.0909. The lowest BCUT2D eigenvalue weighted by atomic mass is 10.1. The Bertz CT molecular complexity index is 546. The number of nitrogens with one attached hydrogen (secondary N) is 1. The third-order valence-electron chi connectivity index (χ3n) is 2.31. The molecule has 0 amide bonds. The number of phenols is 1. The average molecular weight is 218 g/mol. The molecule has 5 heteroatoms. The van der Waals surface area contributed by atoms with Gasteiger partial charge in [-0.3, -0.25) is 5.10 Å². The highest BCUT2D eigenvalue weighted by Gasteiger charge is 2.09. The number of aromatic carboxylic acids is 1. The van der Waals surface area contributed by atoms with Crippen molar-refractivity contribution in [1.29, 1.82) is 0 Å². The van der Waals surface area contributed by atoms with Crippen LogP contribution in [0.3, 0.4) is 0 Å². The van der Waals surface area contributed by atoms with E-state index in [1.165, 1.54) is 6.07 Å². The fourth-order valence-corrected chi connectivity index (χ4v) is 1.35. The second kappa shape index (κ2) is 3.69. The van der Waals surface area contributed by atoms with Crippen molar-refractivity contribution >= 4 is 5.97 Å². The second-order valence-corrected chi connectivity index (χ2v) is 3.47. The van der Waals surface area contributed by atoms with Crippen LogP contribution in [-0.2, 0) is 0 Å². The molecule has 3 N–H and O–H groups in total. The molecule has 0 bridgehead atoms. The SMILES string of the molecule is Cc1ccc(-c2cc(C(=O)O)[nH]n2)cc1O. The van der Waals surface area contributed by atoms with E-state index in [-0.39, 0.29) is 11.4 Å². The number of hydrogen-bond donors (Lipinski definition) is 3. The summed E-state index contributed by atoms with van der Waals surface area (Å²) in [6.45, 7) is 1.78. The minimum atomic E-state index is -1.06. The van der Waals surface area contributed by atoms with Crippen LogP contribution >= 0.6 is 0 Å². The molecular weight excluding hydrogens is 208 g/mol. The van der Waals surface area contributed by atoms with Gasteiger partial charge in [0.25, 0.3) is 0 Å². The van der Waals surface area contributed by atoms with Crippen molar-refractivity contribution in [3.05, 3.63) is 35.5 Å². The van der Waals surface area contributed by atoms with Crippen LogP contribution in [0.2, 0.25) is 0 Å². The lowest BCUT2D eigenvalue weighted by Gasteiger charge is -2.00. The Kier molecular flexibility index (Phi) is 2.36. The second-order valence-electron chi connectivity index (χ2n) is 3.47. The monoisotopic (exact) mass is 218 g/mol. The number of aryl methyl sites for hydroxylation is 1. The van der Waals surface area contributed by atoms with E-state index in [0.717, 1.165) is 5.56 Å². The topological polar surface area (TPSA) is 86.2 Å². The van der Waals surface area contributed by atoms with Gasteiger partial charge in [0.15, 0.2) is 0 Å². The molecule has 82 valence electrons. The smallest absolute Gasteiger partial charge is 0.353 e. The molecule has 1 aromatic heterocycles. The maximum absolute atomic E-state index is 10.6. The van der Waals surface area contributed by atoms with Crippen molar-refractivity contribution < 1.29 is 15.0 Å². The molecule has 0 aliphatic heterocycles. The Hall–Kier alpha value is -2.30. The molecule has 0 radical (unpaired) electrons. The van der Waals surface area contributed by atoms with Gasteiger partial charge in [-0.05, 0) is 24.6 Å². The predicted molar refractivity (Wildman–Crippen MR) is 57.4 cm³/mol. The molecule has 0 fully saturated rings. The van der Waals surface area contributed by atoms with E-state index < -0.39 is 5.97 Å². The van der Waals surface area contributed by atoms with Crippen LogP contribution in [0.1, 0.15) is 16.1 Å². The summed E-state index contributed by atoms with van der Waals surface area (Å²) >= 11 is 0. The van der Waals surface area contributed by atoms with Crippen LogP contribution in [0.5, 0.6) is 5.75 Å². The summed E-state index contributed by atoms with van der Waals surface area (Å²) < 4.78 is 0. The molecular formula is C11H10N2O3. The third kappa shape index (κ3) is 1.75. The Morgan fingerprint density at radius 2 is 2.12 bits per heavy atom. The van der Waals surface area contributed by atoms with Gasteiger partial charge in [0.2, 0.25) is 0 Å².